The highest BCUT2D eigenvalue weighted by molar-refractivity contribution is 5.76. The molecule has 418 valence electrons. The van der Waals surface area contributed by atoms with E-state index in [-0.39, 0.29) is 18.9 Å². The zero-order chi connectivity index (χ0) is 53.2. The molecule has 0 spiro atoms. The molecular formula is C59H99NO13. The largest absolute Gasteiger partial charge is 0.394 e. The second-order valence-electron chi connectivity index (χ2n) is 19.3. The number of amides is 1. The highest BCUT2D eigenvalue weighted by Gasteiger charge is 2.51. The number of unbranched alkanes of at least 4 members (excludes halogenated alkanes) is 15. The molecule has 73 heavy (non-hydrogen) atoms. The molecule has 12 atom stereocenters. The van der Waals surface area contributed by atoms with Crippen molar-refractivity contribution in [1.82, 2.24) is 5.32 Å². The third-order valence-corrected chi connectivity index (χ3v) is 13.0. The molecule has 2 rings (SSSR count). The molecule has 14 nitrogen and oxygen atoms in total. The topological polar surface area (TPSA) is 228 Å². The number of aliphatic hydroxyl groups is 8. The van der Waals surface area contributed by atoms with Gasteiger partial charge in [0.15, 0.2) is 12.6 Å². The van der Waals surface area contributed by atoms with E-state index in [2.05, 4.69) is 98.2 Å². The summed E-state index contributed by atoms with van der Waals surface area (Å²) in [6.07, 6.45) is 43.0. The van der Waals surface area contributed by atoms with Crippen molar-refractivity contribution >= 4 is 5.91 Å². The molecular weight excluding hydrogens is 931 g/mol. The van der Waals surface area contributed by atoms with Crippen LogP contribution in [0.2, 0.25) is 0 Å². The number of allylic oxidation sites excluding steroid dienone is 15. The van der Waals surface area contributed by atoms with Crippen LogP contribution in [0.4, 0.5) is 0 Å². The summed E-state index contributed by atoms with van der Waals surface area (Å²) in [5.41, 5.74) is 0. The lowest BCUT2D eigenvalue weighted by Crippen LogP contribution is -2.65. The molecule has 1 amide bonds. The first-order valence-electron chi connectivity index (χ1n) is 28.0. The smallest absolute Gasteiger partial charge is 0.220 e. The number of rotatable bonds is 42. The Kier molecular flexibility index (Phi) is 39.9. The summed E-state index contributed by atoms with van der Waals surface area (Å²) in [5.74, 6) is -0.301. The molecule has 0 aromatic rings. The maximum Gasteiger partial charge on any atom is 0.220 e. The van der Waals surface area contributed by atoms with Crippen LogP contribution in [0.5, 0.6) is 0 Å². The zero-order valence-electron chi connectivity index (χ0n) is 44.6. The Balaban J connectivity index is 1.84. The van der Waals surface area contributed by atoms with Crippen LogP contribution in [0.15, 0.2) is 97.2 Å². The standard InChI is InChI=1S/C59H99NO13/c1-3-5-7-9-11-13-15-17-19-21-22-23-24-25-26-27-29-31-33-35-37-39-41-43-51(64)60-47(48(63)42-40-38-36-34-32-30-28-20-18-16-14-12-10-8-6-4-2)46-70-58-56(69)54(67)57(50(45-62)72-58)73-59-55(68)53(66)52(65)49(44-61)71-59/h5,7,11,13,17,19,22-23,25-26,29,31,35,37,40,42,47-50,52-59,61-63,65-69H,3-4,6,8-10,12,14-16,18,20-21,24,27-28,30,32-34,36,38-39,41,43-46H2,1-2H3,(H,60,64)/b7-5-,13-11-,19-17-,23-22-,26-25-,31-29-,37-35-,42-40+. The molecule has 2 saturated heterocycles. The maximum atomic E-state index is 13.2. The second-order valence-corrected chi connectivity index (χ2v) is 19.3. The summed E-state index contributed by atoms with van der Waals surface area (Å²) < 4.78 is 22.7. The molecule has 0 bridgehead atoms. The van der Waals surface area contributed by atoms with Gasteiger partial charge in [0.05, 0.1) is 32.0 Å². The van der Waals surface area contributed by atoms with Gasteiger partial charge < -0.3 is 65.1 Å². The maximum absolute atomic E-state index is 13.2. The Hall–Kier alpha value is -3.09. The van der Waals surface area contributed by atoms with E-state index in [0.717, 1.165) is 70.6 Å². The van der Waals surface area contributed by atoms with E-state index in [9.17, 15) is 45.6 Å². The molecule has 9 N–H and O–H groups in total. The molecule has 0 aliphatic carbocycles. The molecule has 0 aromatic carbocycles. The Morgan fingerprint density at radius 1 is 0.507 bits per heavy atom. The lowest BCUT2D eigenvalue weighted by atomic mass is 9.97. The fraction of sp³-hybridized carbons (Fsp3) is 0.712. The van der Waals surface area contributed by atoms with E-state index in [1.165, 1.54) is 70.6 Å². The third-order valence-electron chi connectivity index (χ3n) is 13.0. The van der Waals surface area contributed by atoms with Crippen LogP contribution in [0, 0.1) is 0 Å². The first kappa shape index (κ1) is 66.0. The lowest BCUT2D eigenvalue weighted by molar-refractivity contribution is -0.359. The summed E-state index contributed by atoms with van der Waals surface area (Å²) in [6.45, 7) is 2.62. The Bertz CT molecular complexity index is 1590. The number of carbonyl (C=O) groups excluding carboxylic acids is 1. The summed E-state index contributed by atoms with van der Waals surface area (Å²) in [6, 6.07) is -0.952. The van der Waals surface area contributed by atoms with Crippen molar-refractivity contribution < 1.29 is 64.6 Å². The van der Waals surface area contributed by atoms with E-state index in [4.69, 9.17) is 18.9 Å². The normalized spacial score (nSPS) is 26.2. The van der Waals surface area contributed by atoms with Gasteiger partial charge >= 0.3 is 0 Å². The van der Waals surface area contributed by atoms with E-state index in [1.54, 1.807) is 6.08 Å². The predicted molar refractivity (Wildman–Crippen MR) is 290 cm³/mol. The summed E-state index contributed by atoms with van der Waals surface area (Å²) in [4.78, 5) is 13.2. The van der Waals surface area contributed by atoms with Crippen LogP contribution in [-0.4, -0.2) is 140 Å². The van der Waals surface area contributed by atoms with Gasteiger partial charge in [-0.2, -0.15) is 0 Å². The molecule has 2 aliphatic heterocycles. The van der Waals surface area contributed by atoms with Gasteiger partial charge in [0.25, 0.3) is 0 Å². The van der Waals surface area contributed by atoms with Crippen molar-refractivity contribution in [1.29, 1.82) is 0 Å². The highest BCUT2D eigenvalue weighted by atomic mass is 16.7. The van der Waals surface area contributed by atoms with E-state index >= 15 is 0 Å². The van der Waals surface area contributed by atoms with E-state index in [0.29, 0.717) is 12.8 Å². The average Bonchev–Trinajstić information content (AvgIpc) is 3.39. The first-order valence-corrected chi connectivity index (χ1v) is 28.0. The molecule has 0 aromatic heterocycles. The number of aliphatic hydroxyl groups excluding tert-OH is 8. The fourth-order valence-corrected chi connectivity index (χ4v) is 8.51. The van der Waals surface area contributed by atoms with Crippen LogP contribution in [0.1, 0.15) is 174 Å². The third kappa shape index (κ3) is 30.3. The molecule has 2 aliphatic rings. The van der Waals surface area contributed by atoms with E-state index < -0.39 is 86.8 Å². The summed E-state index contributed by atoms with van der Waals surface area (Å²) in [7, 11) is 0. The van der Waals surface area contributed by atoms with Crippen molar-refractivity contribution in [3.63, 3.8) is 0 Å². The van der Waals surface area contributed by atoms with Crippen LogP contribution < -0.4 is 5.32 Å². The highest BCUT2D eigenvalue weighted by Crippen LogP contribution is 2.30. The van der Waals surface area contributed by atoms with Gasteiger partial charge in [-0.05, 0) is 70.6 Å². The Morgan fingerprint density at radius 2 is 0.945 bits per heavy atom. The number of hydrogen-bond acceptors (Lipinski definition) is 13. The molecule has 12 unspecified atom stereocenters. The van der Waals surface area contributed by atoms with Gasteiger partial charge in [-0.25, -0.2) is 0 Å². The van der Waals surface area contributed by atoms with Gasteiger partial charge in [0.1, 0.15) is 48.8 Å². The van der Waals surface area contributed by atoms with E-state index in [1.807, 2.05) is 12.2 Å². The van der Waals surface area contributed by atoms with Crippen LogP contribution in [-0.2, 0) is 23.7 Å². The lowest BCUT2D eigenvalue weighted by Gasteiger charge is -2.46. The number of nitrogens with one attached hydrogen (secondary N) is 1. The van der Waals surface area contributed by atoms with Crippen LogP contribution in [0.25, 0.3) is 0 Å². The second kappa shape index (κ2) is 44.1. The van der Waals surface area contributed by atoms with Gasteiger partial charge in [-0.15, -0.1) is 0 Å². The number of hydrogen-bond donors (Lipinski definition) is 9. The van der Waals surface area contributed by atoms with Crippen LogP contribution >= 0.6 is 0 Å². The summed E-state index contributed by atoms with van der Waals surface area (Å²) in [5, 5.41) is 86.9. The van der Waals surface area contributed by atoms with Crippen molar-refractivity contribution in [2.24, 2.45) is 0 Å². The minimum Gasteiger partial charge on any atom is -0.394 e. The van der Waals surface area contributed by atoms with Gasteiger partial charge in [-0.3, -0.25) is 4.79 Å². The molecule has 0 saturated carbocycles. The summed E-state index contributed by atoms with van der Waals surface area (Å²) >= 11 is 0. The molecule has 2 heterocycles. The van der Waals surface area contributed by atoms with Crippen molar-refractivity contribution in [2.45, 2.75) is 248 Å². The van der Waals surface area contributed by atoms with Crippen LogP contribution in [0.3, 0.4) is 0 Å². The molecule has 14 heteroatoms. The minimum atomic E-state index is -1.80. The Labute approximate surface area is 439 Å². The monoisotopic (exact) mass is 1030 g/mol. The molecule has 0 radical (unpaired) electrons. The minimum absolute atomic E-state index is 0.195. The number of carbonyl (C=O) groups is 1. The van der Waals surface area contributed by atoms with Gasteiger partial charge in [0.2, 0.25) is 5.91 Å². The predicted octanol–water partition coefficient (Wildman–Crippen LogP) is 8.71. The van der Waals surface area contributed by atoms with Crippen molar-refractivity contribution in [3.05, 3.63) is 97.2 Å². The fourth-order valence-electron chi connectivity index (χ4n) is 8.51. The first-order chi connectivity index (χ1) is 35.6. The number of ether oxygens (including phenoxy) is 4. The average molecular weight is 1030 g/mol. The zero-order valence-corrected chi connectivity index (χ0v) is 44.6. The van der Waals surface area contributed by atoms with Crippen molar-refractivity contribution in [3.8, 4) is 0 Å². The quantitative estimate of drug-likeness (QED) is 0.0206. The Morgan fingerprint density at radius 3 is 1.44 bits per heavy atom. The van der Waals surface area contributed by atoms with Gasteiger partial charge in [0, 0.05) is 6.42 Å². The SMILES string of the molecule is CC/C=C\C/C=C\C/C=C\C/C=C\C/C=C\C/C=C\C/C=C\CCCC(=O)NC(COC1OC(CO)C(OC2OC(CO)C(O)C(O)C2O)C(O)C1O)C(O)/C=C/CCCCCCCCCCCCCCCC. The molecule has 2 fully saturated rings. The van der Waals surface area contributed by atoms with Crippen molar-refractivity contribution in [2.75, 3.05) is 19.8 Å². The van der Waals surface area contributed by atoms with Gasteiger partial charge in [-0.1, -0.05) is 195 Å².